The number of nitro benzene ring substituents is 1. The van der Waals surface area contributed by atoms with Crippen LogP contribution in [-0.2, 0) is 14.3 Å². The summed E-state index contributed by atoms with van der Waals surface area (Å²) in [4.78, 5) is 49.0. The van der Waals surface area contributed by atoms with Gasteiger partial charge in [0.15, 0.2) is 6.10 Å². The monoisotopic (exact) mass is 442 g/mol. The second-order valence-corrected chi connectivity index (χ2v) is 7.44. The van der Waals surface area contributed by atoms with E-state index in [1.807, 2.05) is 32.0 Å². The Hall–Kier alpha value is -3.95. The normalized spacial score (nSPS) is 11.3. The summed E-state index contributed by atoms with van der Waals surface area (Å²) < 4.78 is 5.10. The summed E-state index contributed by atoms with van der Waals surface area (Å²) in [6.45, 7) is 4.76. The van der Waals surface area contributed by atoms with Crippen molar-refractivity contribution in [3.05, 3.63) is 63.2 Å². The minimum atomic E-state index is -1.21. The van der Waals surface area contributed by atoms with E-state index in [9.17, 15) is 24.5 Å². The SMILES string of the molecule is Cc1cccc(C)c1NC(=O)CNC(=O)C(C)OC(=O)c1ccc(N(C)C)c([N+](=O)[O-])c1. The molecule has 1 unspecified atom stereocenters. The maximum Gasteiger partial charge on any atom is 0.339 e. The third-order valence-corrected chi connectivity index (χ3v) is 4.71. The van der Waals surface area contributed by atoms with Crippen molar-refractivity contribution in [1.29, 1.82) is 0 Å². The number of para-hydroxylation sites is 1. The van der Waals surface area contributed by atoms with Crippen molar-refractivity contribution in [2.75, 3.05) is 30.9 Å². The first-order valence-corrected chi connectivity index (χ1v) is 9.81. The van der Waals surface area contributed by atoms with E-state index in [1.54, 1.807) is 19.0 Å². The van der Waals surface area contributed by atoms with Gasteiger partial charge in [0.05, 0.1) is 17.0 Å². The van der Waals surface area contributed by atoms with Gasteiger partial charge < -0.3 is 20.3 Å². The second kappa shape index (κ2) is 10.4. The number of rotatable bonds is 8. The molecule has 0 aliphatic rings. The van der Waals surface area contributed by atoms with Crippen LogP contribution in [0.25, 0.3) is 0 Å². The molecule has 0 heterocycles. The fraction of sp³-hybridized carbons (Fsp3) is 0.318. The smallest absolute Gasteiger partial charge is 0.339 e. The Morgan fingerprint density at radius 1 is 1.12 bits per heavy atom. The molecular formula is C22H26N4O6. The lowest BCUT2D eigenvalue weighted by molar-refractivity contribution is -0.384. The zero-order chi connectivity index (χ0) is 24.0. The van der Waals surface area contributed by atoms with Gasteiger partial charge in [0, 0.05) is 25.8 Å². The van der Waals surface area contributed by atoms with E-state index >= 15 is 0 Å². The molecule has 2 amide bonds. The zero-order valence-corrected chi connectivity index (χ0v) is 18.6. The number of nitrogens with one attached hydrogen (secondary N) is 2. The van der Waals surface area contributed by atoms with Crippen LogP contribution in [0, 0.1) is 24.0 Å². The van der Waals surface area contributed by atoms with Gasteiger partial charge in [-0.2, -0.15) is 0 Å². The standard InChI is InChI=1S/C22H26N4O6/c1-13-7-6-8-14(2)20(13)24-19(27)12-23-21(28)15(3)32-22(29)16-9-10-17(25(4)5)18(11-16)26(30)31/h6-11,15H,12H2,1-5H3,(H,23,28)(H,24,27). The van der Waals surface area contributed by atoms with Crippen LogP contribution in [0.2, 0.25) is 0 Å². The number of carbonyl (C=O) groups excluding carboxylic acids is 3. The maximum absolute atomic E-state index is 12.4. The molecule has 2 rings (SSSR count). The van der Waals surface area contributed by atoms with E-state index in [0.717, 1.165) is 17.2 Å². The number of nitrogens with zero attached hydrogens (tertiary/aromatic N) is 2. The molecule has 10 heteroatoms. The number of anilines is 2. The molecular weight excluding hydrogens is 416 g/mol. The van der Waals surface area contributed by atoms with Gasteiger partial charge in [-0.15, -0.1) is 0 Å². The Kier molecular flexibility index (Phi) is 7.89. The van der Waals surface area contributed by atoms with Gasteiger partial charge in [-0.1, -0.05) is 18.2 Å². The Labute approximate surface area is 185 Å². The molecule has 2 N–H and O–H groups in total. The molecule has 170 valence electrons. The van der Waals surface area contributed by atoms with Gasteiger partial charge in [-0.05, 0) is 44.0 Å². The van der Waals surface area contributed by atoms with Gasteiger partial charge >= 0.3 is 5.97 Å². The highest BCUT2D eigenvalue weighted by molar-refractivity contribution is 5.97. The largest absolute Gasteiger partial charge is 0.449 e. The van der Waals surface area contributed by atoms with Crippen LogP contribution in [0.15, 0.2) is 36.4 Å². The summed E-state index contributed by atoms with van der Waals surface area (Å²) in [5.74, 6) is -1.99. The molecule has 2 aromatic rings. The first-order valence-electron chi connectivity index (χ1n) is 9.81. The summed E-state index contributed by atoms with van der Waals surface area (Å²) in [6.07, 6.45) is -1.21. The van der Waals surface area contributed by atoms with Crippen LogP contribution in [0.3, 0.4) is 0 Å². The lowest BCUT2D eigenvalue weighted by atomic mass is 10.1. The van der Waals surface area contributed by atoms with Gasteiger partial charge in [0.2, 0.25) is 5.91 Å². The highest BCUT2D eigenvalue weighted by Gasteiger charge is 2.23. The molecule has 10 nitrogen and oxygen atoms in total. The average molecular weight is 442 g/mol. The van der Waals surface area contributed by atoms with Gasteiger partial charge in [0.1, 0.15) is 5.69 Å². The van der Waals surface area contributed by atoms with E-state index in [-0.39, 0.29) is 17.8 Å². The van der Waals surface area contributed by atoms with Gasteiger partial charge in [-0.3, -0.25) is 19.7 Å². The fourth-order valence-corrected chi connectivity index (χ4v) is 2.96. The fourth-order valence-electron chi connectivity index (χ4n) is 2.96. The number of amides is 2. The number of nitro groups is 1. The lowest BCUT2D eigenvalue weighted by Crippen LogP contribution is -2.40. The average Bonchev–Trinajstić information content (AvgIpc) is 2.73. The first kappa shape index (κ1) is 24.3. The minimum Gasteiger partial charge on any atom is -0.449 e. The van der Waals surface area contributed by atoms with Crippen LogP contribution in [-0.4, -0.2) is 49.5 Å². The number of hydrogen-bond acceptors (Lipinski definition) is 7. The van der Waals surface area contributed by atoms with Crippen LogP contribution >= 0.6 is 0 Å². The van der Waals surface area contributed by atoms with E-state index < -0.39 is 28.8 Å². The van der Waals surface area contributed by atoms with E-state index in [1.165, 1.54) is 19.1 Å². The van der Waals surface area contributed by atoms with E-state index in [0.29, 0.717) is 11.4 Å². The van der Waals surface area contributed by atoms with Crippen molar-refractivity contribution < 1.29 is 24.0 Å². The predicted molar refractivity (Wildman–Crippen MR) is 120 cm³/mol. The molecule has 1 atom stereocenters. The predicted octanol–water partition coefficient (Wildman–Crippen LogP) is 2.58. The second-order valence-electron chi connectivity index (χ2n) is 7.44. The Balaban J connectivity index is 1.96. The minimum absolute atomic E-state index is 0.0604. The van der Waals surface area contributed by atoms with Crippen molar-refractivity contribution >= 4 is 34.8 Å². The van der Waals surface area contributed by atoms with Crippen molar-refractivity contribution in [1.82, 2.24) is 5.32 Å². The number of esters is 1. The first-order chi connectivity index (χ1) is 15.0. The number of benzene rings is 2. The van der Waals surface area contributed by atoms with Crippen LogP contribution in [0.4, 0.5) is 17.1 Å². The van der Waals surface area contributed by atoms with E-state index in [2.05, 4.69) is 10.6 Å². The van der Waals surface area contributed by atoms with Crippen LogP contribution in [0.5, 0.6) is 0 Å². The maximum atomic E-state index is 12.4. The molecule has 0 radical (unpaired) electrons. The number of ether oxygens (including phenoxy) is 1. The van der Waals surface area contributed by atoms with Gasteiger partial charge in [0.25, 0.3) is 11.6 Å². The number of aryl methyl sites for hydroxylation is 2. The topological polar surface area (TPSA) is 131 Å². The molecule has 0 aromatic heterocycles. The Morgan fingerprint density at radius 2 is 1.75 bits per heavy atom. The molecule has 2 aromatic carbocycles. The summed E-state index contributed by atoms with van der Waals surface area (Å²) in [5, 5.41) is 16.4. The zero-order valence-electron chi connectivity index (χ0n) is 18.6. The van der Waals surface area contributed by atoms with E-state index in [4.69, 9.17) is 4.74 Å². The van der Waals surface area contributed by atoms with Crippen molar-refractivity contribution in [3.63, 3.8) is 0 Å². The molecule has 0 aliphatic carbocycles. The molecule has 0 aliphatic heterocycles. The molecule has 0 saturated heterocycles. The quantitative estimate of drug-likeness (QED) is 0.365. The number of hydrogen-bond donors (Lipinski definition) is 2. The lowest BCUT2D eigenvalue weighted by Gasteiger charge is -2.16. The Morgan fingerprint density at radius 3 is 2.31 bits per heavy atom. The third-order valence-electron chi connectivity index (χ3n) is 4.71. The summed E-state index contributed by atoms with van der Waals surface area (Å²) in [7, 11) is 3.28. The van der Waals surface area contributed by atoms with Crippen LogP contribution < -0.4 is 15.5 Å². The number of carbonyl (C=O) groups is 3. The van der Waals surface area contributed by atoms with Crippen molar-refractivity contribution in [2.24, 2.45) is 0 Å². The summed E-state index contributed by atoms with van der Waals surface area (Å²) in [5.41, 5.74) is 2.46. The molecule has 0 fully saturated rings. The third kappa shape index (κ3) is 6.03. The molecule has 0 saturated carbocycles. The highest BCUT2D eigenvalue weighted by atomic mass is 16.6. The molecule has 0 bridgehead atoms. The molecule has 0 spiro atoms. The van der Waals surface area contributed by atoms with Crippen molar-refractivity contribution in [3.8, 4) is 0 Å². The van der Waals surface area contributed by atoms with Gasteiger partial charge in [-0.25, -0.2) is 4.79 Å². The Bertz CT molecular complexity index is 1030. The van der Waals surface area contributed by atoms with Crippen molar-refractivity contribution in [2.45, 2.75) is 26.9 Å². The molecule has 32 heavy (non-hydrogen) atoms. The summed E-state index contributed by atoms with van der Waals surface area (Å²) >= 11 is 0. The van der Waals surface area contributed by atoms with Crippen LogP contribution in [0.1, 0.15) is 28.4 Å². The summed E-state index contributed by atoms with van der Waals surface area (Å²) in [6, 6.07) is 9.50. The highest BCUT2D eigenvalue weighted by Crippen LogP contribution is 2.28.